The predicted molar refractivity (Wildman–Crippen MR) is 121 cm³/mol. The molecule has 6 nitrogen and oxygen atoms in total. The van der Waals surface area contributed by atoms with Crippen LogP contribution in [0.25, 0.3) is 0 Å². The van der Waals surface area contributed by atoms with Crippen LogP contribution in [0.1, 0.15) is 23.4 Å². The molecule has 0 spiro atoms. The first-order valence-corrected chi connectivity index (χ1v) is 10.3. The minimum absolute atomic E-state index is 0. The Morgan fingerprint density at radius 2 is 1.81 bits per heavy atom. The molecule has 4 rings (SSSR count). The van der Waals surface area contributed by atoms with Crippen molar-refractivity contribution in [2.24, 2.45) is 0 Å². The van der Waals surface area contributed by atoms with Crippen LogP contribution in [0.3, 0.4) is 0 Å². The van der Waals surface area contributed by atoms with Gasteiger partial charge in [0.15, 0.2) is 5.82 Å². The number of hydrogen-bond donors (Lipinski definition) is 0. The molecular formula is C23H27ClF2N4O2. The molecule has 0 amide bonds. The van der Waals surface area contributed by atoms with Crippen molar-refractivity contribution in [1.82, 2.24) is 15.0 Å². The van der Waals surface area contributed by atoms with Crippen molar-refractivity contribution in [3.05, 3.63) is 71.3 Å². The first-order chi connectivity index (χ1) is 15.0. The number of anilines is 1. The summed E-state index contributed by atoms with van der Waals surface area (Å²) in [4.78, 5) is 8.34. The summed E-state index contributed by atoms with van der Waals surface area (Å²) < 4.78 is 39.1. The second-order valence-corrected chi connectivity index (χ2v) is 7.91. The average molecular weight is 465 g/mol. The molecule has 172 valence electrons. The second-order valence-electron chi connectivity index (χ2n) is 7.91. The standard InChI is InChI=1S/C23H26F2N4O2.ClH/c1-28-12-11-21(20(25)15-28)29(14-17-3-7-18(24)8-4-17)23-26-22(27-31-23)13-16-5-9-19(30-2)10-6-16;/h3-10,20-21H,11-15H2,1-2H3;1H/t20-,21+;/m0./s1. The molecular weight excluding hydrogens is 438 g/mol. The van der Waals surface area contributed by atoms with E-state index in [1.165, 1.54) is 12.1 Å². The number of halogens is 3. The molecule has 0 saturated carbocycles. The molecule has 1 aliphatic heterocycles. The van der Waals surface area contributed by atoms with E-state index >= 15 is 0 Å². The summed E-state index contributed by atoms with van der Waals surface area (Å²) in [7, 11) is 3.53. The SMILES string of the molecule is COc1ccc(Cc2noc(N(Cc3ccc(F)cc3)[C@@H]3CCN(C)C[C@@H]3F)n2)cc1.Cl. The average Bonchev–Trinajstić information content (AvgIpc) is 3.22. The minimum atomic E-state index is -1.06. The van der Waals surface area contributed by atoms with E-state index in [1.54, 1.807) is 19.2 Å². The van der Waals surface area contributed by atoms with E-state index in [0.29, 0.717) is 31.8 Å². The summed E-state index contributed by atoms with van der Waals surface area (Å²) in [5.74, 6) is 0.990. The van der Waals surface area contributed by atoms with Crippen LogP contribution < -0.4 is 9.64 Å². The molecule has 2 atom stereocenters. The highest BCUT2D eigenvalue weighted by Gasteiger charge is 2.35. The molecule has 1 saturated heterocycles. The first kappa shape index (κ1) is 23.9. The molecule has 0 bridgehead atoms. The highest BCUT2D eigenvalue weighted by molar-refractivity contribution is 5.85. The van der Waals surface area contributed by atoms with E-state index in [4.69, 9.17) is 9.26 Å². The van der Waals surface area contributed by atoms with Crippen molar-refractivity contribution in [1.29, 1.82) is 0 Å². The second kappa shape index (κ2) is 10.7. The molecule has 0 aliphatic carbocycles. The molecule has 2 heterocycles. The zero-order valence-electron chi connectivity index (χ0n) is 18.1. The van der Waals surface area contributed by atoms with Crippen LogP contribution in [0.4, 0.5) is 14.8 Å². The summed E-state index contributed by atoms with van der Waals surface area (Å²) >= 11 is 0. The summed E-state index contributed by atoms with van der Waals surface area (Å²) in [6, 6.07) is 13.7. The van der Waals surface area contributed by atoms with Crippen molar-refractivity contribution in [2.45, 2.75) is 31.6 Å². The smallest absolute Gasteiger partial charge is 0.324 e. The van der Waals surface area contributed by atoms with Crippen molar-refractivity contribution >= 4 is 18.4 Å². The van der Waals surface area contributed by atoms with Crippen molar-refractivity contribution < 1.29 is 18.0 Å². The quantitative estimate of drug-likeness (QED) is 0.520. The third-order valence-electron chi connectivity index (χ3n) is 5.60. The van der Waals surface area contributed by atoms with Gasteiger partial charge in [0.05, 0.1) is 13.2 Å². The Bertz CT molecular complexity index is 984. The van der Waals surface area contributed by atoms with Crippen LogP contribution in [0.5, 0.6) is 5.75 Å². The van der Waals surface area contributed by atoms with Gasteiger partial charge in [-0.05, 0) is 48.9 Å². The number of nitrogens with zero attached hydrogens (tertiary/aromatic N) is 4. The molecule has 32 heavy (non-hydrogen) atoms. The van der Waals surface area contributed by atoms with Crippen LogP contribution in [0.2, 0.25) is 0 Å². The number of benzene rings is 2. The minimum Gasteiger partial charge on any atom is -0.497 e. The summed E-state index contributed by atoms with van der Waals surface area (Å²) in [6.45, 7) is 1.48. The monoisotopic (exact) mass is 464 g/mol. The highest BCUT2D eigenvalue weighted by Crippen LogP contribution is 2.27. The van der Waals surface area contributed by atoms with Crippen molar-refractivity contribution in [2.75, 3.05) is 32.1 Å². The fourth-order valence-corrected chi connectivity index (χ4v) is 3.87. The van der Waals surface area contributed by atoms with Gasteiger partial charge in [0.1, 0.15) is 17.7 Å². The van der Waals surface area contributed by atoms with E-state index in [-0.39, 0.29) is 24.2 Å². The van der Waals surface area contributed by atoms with Crippen molar-refractivity contribution in [3.8, 4) is 5.75 Å². The maximum atomic E-state index is 15.0. The number of methoxy groups -OCH3 is 1. The van der Waals surface area contributed by atoms with Crippen LogP contribution in [-0.2, 0) is 13.0 Å². The van der Waals surface area contributed by atoms with Crippen molar-refractivity contribution in [3.63, 3.8) is 0 Å². The summed E-state index contributed by atoms with van der Waals surface area (Å²) in [6.07, 6.45) is 0.0653. The van der Waals surface area contributed by atoms with Gasteiger partial charge >= 0.3 is 6.01 Å². The van der Waals surface area contributed by atoms with E-state index in [9.17, 15) is 8.78 Å². The van der Waals surface area contributed by atoms with E-state index in [0.717, 1.165) is 23.4 Å². The lowest BCUT2D eigenvalue weighted by atomic mass is 10.0. The van der Waals surface area contributed by atoms with Gasteiger partial charge in [-0.15, -0.1) is 12.4 Å². The van der Waals surface area contributed by atoms with Gasteiger partial charge in [-0.25, -0.2) is 8.78 Å². The Labute approximate surface area is 192 Å². The molecule has 3 aromatic rings. The molecule has 1 aromatic heterocycles. The Balaban J connectivity index is 0.00000289. The molecule has 0 radical (unpaired) electrons. The van der Waals surface area contributed by atoms with Gasteiger partial charge in [-0.1, -0.05) is 29.4 Å². The van der Waals surface area contributed by atoms with Crippen LogP contribution in [0.15, 0.2) is 53.1 Å². The topological polar surface area (TPSA) is 54.6 Å². The van der Waals surface area contributed by atoms with E-state index in [1.807, 2.05) is 41.1 Å². The first-order valence-electron chi connectivity index (χ1n) is 10.3. The lowest BCUT2D eigenvalue weighted by Crippen LogP contribution is -2.51. The maximum absolute atomic E-state index is 15.0. The number of hydrogen-bond acceptors (Lipinski definition) is 6. The normalized spacial score (nSPS) is 18.8. The molecule has 1 fully saturated rings. The van der Waals surface area contributed by atoms with Gasteiger partial charge < -0.3 is 19.1 Å². The van der Waals surface area contributed by atoms with Crippen LogP contribution >= 0.6 is 12.4 Å². The third kappa shape index (κ3) is 5.75. The number of rotatable bonds is 7. The molecule has 2 aromatic carbocycles. The number of likely N-dealkylation sites (tertiary alicyclic amines) is 1. The number of piperidine rings is 1. The van der Waals surface area contributed by atoms with E-state index in [2.05, 4.69) is 10.1 Å². The molecule has 0 N–H and O–H groups in total. The lowest BCUT2D eigenvalue weighted by Gasteiger charge is -2.38. The molecule has 9 heteroatoms. The third-order valence-corrected chi connectivity index (χ3v) is 5.60. The Kier molecular flexibility index (Phi) is 8.04. The number of ether oxygens (including phenoxy) is 1. The summed E-state index contributed by atoms with van der Waals surface area (Å²) in [5, 5.41) is 4.11. The molecule has 0 unspecified atom stereocenters. The maximum Gasteiger partial charge on any atom is 0.324 e. The zero-order chi connectivity index (χ0) is 21.8. The van der Waals surface area contributed by atoms with Gasteiger partial charge in [-0.2, -0.15) is 4.98 Å². The Hall–Kier alpha value is -2.71. The fourth-order valence-electron chi connectivity index (χ4n) is 3.87. The fraction of sp³-hybridized carbons (Fsp3) is 0.391. The zero-order valence-corrected chi connectivity index (χ0v) is 18.9. The summed E-state index contributed by atoms with van der Waals surface area (Å²) in [5.41, 5.74) is 1.86. The van der Waals surface area contributed by atoms with Gasteiger partial charge in [0.2, 0.25) is 0 Å². The van der Waals surface area contributed by atoms with E-state index < -0.39 is 12.2 Å². The predicted octanol–water partition coefficient (Wildman–Crippen LogP) is 4.28. The van der Waals surface area contributed by atoms with Crippen LogP contribution in [0, 0.1) is 5.82 Å². The Morgan fingerprint density at radius 1 is 1.12 bits per heavy atom. The highest BCUT2D eigenvalue weighted by atomic mass is 35.5. The number of alkyl halides is 1. The largest absolute Gasteiger partial charge is 0.497 e. The van der Waals surface area contributed by atoms with Gasteiger partial charge in [-0.3, -0.25) is 0 Å². The van der Waals surface area contributed by atoms with Crippen LogP contribution in [-0.4, -0.2) is 54.5 Å². The van der Waals surface area contributed by atoms with Gasteiger partial charge in [0, 0.05) is 26.1 Å². The Morgan fingerprint density at radius 3 is 2.47 bits per heavy atom. The number of aromatic nitrogens is 2. The van der Waals surface area contributed by atoms with Gasteiger partial charge in [0.25, 0.3) is 0 Å². The lowest BCUT2D eigenvalue weighted by molar-refractivity contribution is 0.132. The molecule has 1 aliphatic rings.